The minimum atomic E-state index is -0.669. The Morgan fingerprint density at radius 3 is 1.88 bits per heavy atom. The molecule has 0 aromatic carbocycles. The van der Waals surface area contributed by atoms with Gasteiger partial charge in [0, 0.05) is 24.7 Å². The van der Waals surface area contributed by atoms with Crippen molar-refractivity contribution in [2.45, 2.75) is 53.5 Å². The Kier molecular flexibility index (Phi) is 6.69. The number of nitrogens with one attached hydrogen (secondary N) is 1. The first-order valence-corrected chi connectivity index (χ1v) is 6.15. The monoisotopic (exact) mass is 241 g/mol. The van der Waals surface area contributed by atoms with E-state index in [0.29, 0.717) is 6.42 Å². The Morgan fingerprint density at radius 2 is 1.53 bits per heavy atom. The number of hydrogen-bond donors (Lipinski definition) is 1. The first-order valence-electron chi connectivity index (χ1n) is 6.15. The highest BCUT2D eigenvalue weighted by molar-refractivity contribution is 5.94. The van der Waals surface area contributed by atoms with Gasteiger partial charge in [0.25, 0.3) is 0 Å². The highest BCUT2D eigenvalue weighted by Crippen LogP contribution is 2.08. The Morgan fingerprint density at radius 1 is 1.00 bits per heavy atom. The molecule has 0 fully saturated rings. The largest absolute Gasteiger partial charge is 0.346 e. The van der Waals surface area contributed by atoms with Crippen molar-refractivity contribution in [2.24, 2.45) is 11.8 Å². The third-order valence-electron chi connectivity index (χ3n) is 2.62. The van der Waals surface area contributed by atoms with Crippen LogP contribution in [0.15, 0.2) is 0 Å². The first-order chi connectivity index (χ1) is 7.79. The van der Waals surface area contributed by atoms with Crippen LogP contribution in [-0.4, -0.2) is 23.5 Å². The second-order valence-electron chi connectivity index (χ2n) is 4.86. The lowest BCUT2D eigenvalue weighted by Crippen LogP contribution is -2.44. The fraction of sp³-hybridized carbons (Fsp3) is 0.769. The molecule has 4 heteroatoms. The van der Waals surface area contributed by atoms with E-state index in [2.05, 4.69) is 5.32 Å². The van der Waals surface area contributed by atoms with Gasteiger partial charge in [0.05, 0.1) is 6.04 Å². The van der Waals surface area contributed by atoms with Gasteiger partial charge in [-0.15, -0.1) is 0 Å². The fourth-order valence-electron chi connectivity index (χ4n) is 1.36. The maximum absolute atomic E-state index is 11.9. The number of carbonyl (C=O) groups excluding carboxylic acids is 3. The molecule has 1 N–H and O–H groups in total. The van der Waals surface area contributed by atoms with Crippen LogP contribution in [0, 0.1) is 11.8 Å². The third-order valence-corrected chi connectivity index (χ3v) is 2.62. The predicted molar refractivity (Wildman–Crippen MR) is 66.5 cm³/mol. The predicted octanol–water partition coefficient (Wildman–Crippen LogP) is 1.72. The zero-order chi connectivity index (χ0) is 13.6. The van der Waals surface area contributed by atoms with Gasteiger partial charge in [-0.25, -0.2) is 0 Å². The van der Waals surface area contributed by atoms with Gasteiger partial charge in [-0.05, 0) is 0 Å². The zero-order valence-corrected chi connectivity index (χ0v) is 11.4. The summed E-state index contributed by atoms with van der Waals surface area (Å²) in [6.07, 6.45) is 0.415. The van der Waals surface area contributed by atoms with E-state index in [0.717, 1.165) is 0 Å². The third kappa shape index (κ3) is 5.61. The second-order valence-corrected chi connectivity index (χ2v) is 4.86. The number of ketones is 2. The molecule has 0 radical (unpaired) electrons. The Hall–Kier alpha value is -1.19. The van der Waals surface area contributed by atoms with Crippen molar-refractivity contribution in [2.75, 3.05) is 0 Å². The quantitative estimate of drug-likeness (QED) is 0.738. The lowest BCUT2D eigenvalue weighted by atomic mass is 9.94. The van der Waals surface area contributed by atoms with Crippen molar-refractivity contribution in [3.05, 3.63) is 0 Å². The maximum atomic E-state index is 11.9. The van der Waals surface area contributed by atoms with Gasteiger partial charge in [-0.1, -0.05) is 34.6 Å². The van der Waals surface area contributed by atoms with Crippen molar-refractivity contribution in [3.8, 4) is 0 Å². The van der Waals surface area contributed by atoms with Gasteiger partial charge < -0.3 is 5.32 Å². The van der Waals surface area contributed by atoms with E-state index in [9.17, 15) is 14.4 Å². The van der Waals surface area contributed by atoms with Gasteiger partial charge >= 0.3 is 0 Å². The van der Waals surface area contributed by atoms with Crippen LogP contribution in [0.1, 0.15) is 47.5 Å². The average molecular weight is 241 g/mol. The molecule has 98 valence electrons. The second kappa shape index (κ2) is 7.20. The van der Waals surface area contributed by atoms with E-state index in [4.69, 9.17) is 0 Å². The van der Waals surface area contributed by atoms with Crippen LogP contribution < -0.4 is 5.32 Å². The highest BCUT2D eigenvalue weighted by atomic mass is 16.2. The van der Waals surface area contributed by atoms with Crippen LogP contribution in [0.2, 0.25) is 0 Å². The minimum Gasteiger partial charge on any atom is -0.346 e. The van der Waals surface area contributed by atoms with Gasteiger partial charge in [0.15, 0.2) is 5.78 Å². The molecule has 0 bridgehead atoms. The topological polar surface area (TPSA) is 63.2 Å². The summed E-state index contributed by atoms with van der Waals surface area (Å²) in [6.45, 7) is 8.85. The van der Waals surface area contributed by atoms with Crippen LogP contribution in [0.4, 0.5) is 0 Å². The molecule has 0 aromatic heterocycles. The first kappa shape index (κ1) is 15.8. The zero-order valence-electron chi connectivity index (χ0n) is 11.4. The summed E-state index contributed by atoms with van der Waals surface area (Å²) >= 11 is 0. The summed E-state index contributed by atoms with van der Waals surface area (Å²) in [5.41, 5.74) is 0. The molecule has 0 aliphatic rings. The molecule has 4 nitrogen and oxygen atoms in total. The van der Waals surface area contributed by atoms with E-state index >= 15 is 0 Å². The van der Waals surface area contributed by atoms with Crippen LogP contribution in [0.3, 0.4) is 0 Å². The summed E-state index contributed by atoms with van der Waals surface area (Å²) in [6, 6.07) is -0.669. The molecule has 0 spiro atoms. The van der Waals surface area contributed by atoms with Crippen molar-refractivity contribution in [1.29, 1.82) is 0 Å². The number of carbonyl (C=O) groups is 3. The molecular weight excluding hydrogens is 218 g/mol. The lowest BCUT2D eigenvalue weighted by molar-refractivity contribution is -0.132. The molecule has 0 aliphatic carbocycles. The summed E-state index contributed by atoms with van der Waals surface area (Å²) in [5, 5.41) is 2.62. The molecule has 0 saturated heterocycles. The molecule has 0 rings (SSSR count). The normalized spacial score (nSPS) is 12.6. The fourth-order valence-corrected chi connectivity index (χ4v) is 1.36. The SMILES string of the molecule is CCC(=O)NC(CC(=O)C(C)C)C(=O)C(C)C. The Balaban J connectivity index is 4.68. The van der Waals surface area contributed by atoms with E-state index in [-0.39, 0.29) is 35.7 Å². The minimum absolute atomic E-state index is 0.000373. The Bertz CT molecular complexity index is 295. The van der Waals surface area contributed by atoms with E-state index in [1.54, 1.807) is 34.6 Å². The molecule has 1 atom stereocenters. The maximum Gasteiger partial charge on any atom is 0.220 e. The van der Waals surface area contributed by atoms with Crippen LogP contribution in [0.25, 0.3) is 0 Å². The molecule has 0 heterocycles. The van der Waals surface area contributed by atoms with E-state index in [1.807, 2.05) is 0 Å². The van der Waals surface area contributed by atoms with Crippen LogP contribution in [-0.2, 0) is 14.4 Å². The van der Waals surface area contributed by atoms with Gasteiger partial charge in [0.1, 0.15) is 5.78 Å². The molecule has 0 saturated carbocycles. The van der Waals surface area contributed by atoms with Crippen molar-refractivity contribution >= 4 is 17.5 Å². The average Bonchev–Trinajstić information content (AvgIpc) is 2.26. The number of hydrogen-bond acceptors (Lipinski definition) is 3. The molecule has 0 aliphatic heterocycles. The molecule has 1 amide bonds. The van der Waals surface area contributed by atoms with Crippen LogP contribution >= 0.6 is 0 Å². The Labute approximate surface area is 103 Å². The summed E-state index contributed by atoms with van der Waals surface area (Å²) in [5.74, 6) is -0.574. The molecule has 1 unspecified atom stereocenters. The standard InChI is InChI=1S/C13H23NO3/c1-6-12(16)14-10(13(17)9(4)5)7-11(15)8(2)3/h8-10H,6-7H2,1-5H3,(H,14,16). The van der Waals surface area contributed by atoms with Gasteiger partial charge in [-0.2, -0.15) is 0 Å². The molecule has 17 heavy (non-hydrogen) atoms. The van der Waals surface area contributed by atoms with Crippen LogP contribution in [0.5, 0.6) is 0 Å². The van der Waals surface area contributed by atoms with Gasteiger partial charge in [-0.3, -0.25) is 14.4 Å². The number of Topliss-reactive ketones (excluding diaryl/α,β-unsaturated/α-hetero) is 2. The van der Waals surface area contributed by atoms with E-state index in [1.165, 1.54) is 0 Å². The highest BCUT2D eigenvalue weighted by Gasteiger charge is 2.25. The molecule has 0 aromatic rings. The number of rotatable bonds is 7. The lowest BCUT2D eigenvalue weighted by Gasteiger charge is -2.19. The summed E-state index contributed by atoms with van der Waals surface area (Å²) in [7, 11) is 0. The van der Waals surface area contributed by atoms with Crippen molar-refractivity contribution in [1.82, 2.24) is 5.32 Å². The van der Waals surface area contributed by atoms with E-state index < -0.39 is 6.04 Å². The summed E-state index contributed by atoms with van der Waals surface area (Å²) in [4.78, 5) is 34.9. The summed E-state index contributed by atoms with van der Waals surface area (Å²) < 4.78 is 0. The van der Waals surface area contributed by atoms with Crippen molar-refractivity contribution < 1.29 is 14.4 Å². The number of amides is 1. The smallest absolute Gasteiger partial charge is 0.220 e. The van der Waals surface area contributed by atoms with Crippen molar-refractivity contribution in [3.63, 3.8) is 0 Å². The van der Waals surface area contributed by atoms with Gasteiger partial charge in [0.2, 0.25) is 5.91 Å². The molecular formula is C13H23NO3.